The maximum atomic E-state index is 11.5. The summed E-state index contributed by atoms with van der Waals surface area (Å²) in [6.45, 7) is 7.42. The van der Waals surface area contributed by atoms with Gasteiger partial charge in [-0.05, 0) is 5.92 Å². The molecule has 1 atom stereocenters. The maximum Gasteiger partial charge on any atom is 0.324 e. The smallest absolute Gasteiger partial charge is 0.324 e. The van der Waals surface area contributed by atoms with E-state index in [9.17, 15) is 9.59 Å². The van der Waals surface area contributed by atoms with E-state index in [1.54, 1.807) is 7.05 Å². The highest BCUT2D eigenvalue weighted by Crippen LogP contribution is 2.24. The van der Waals surface area contributed by atoms with Crippen molar-refractivity contribution >= 4 is 29.7 Å². The summed E-state index contributed by atoms with van der Waals surface area (Å²) in [5.41, 5.74) is 0. The number of aliphatic imine (C=N–C) groups is 1. The minimum absolute atomic E-state index is 0.104. The van der Waals surface area contributed by atoms with E-state index in [4.69, 9.17) is 0 Å². The molecule has 0 spiro atoms. The molecular formula is C14H25N5O2S. The molecule has 0 aromatic rings. The molecule has 2 fully saturated rings. The van der Waals surface area contributed by atoms with Crippen molar-refractivity contribution in [3.05, 3.63) is 0 Å². The lowest BCUT2D eigenvalue weighted by Crippen LogP contribution is -2.50. The number of amides is 3. The molecule has 2 rings (SSSR count). The summed E-state index contributed by atoms with van der Waals surface area (Å²) >= 11 is 2.02. The Morgan fingerprint density at radius 3 is 2.86 bits per heavy atom. The normalized spacial score (nSPS) is 23.3. The molecule has 2 heterocycles. The number of hydrogen-bond acceptors (Lipinski definition) is 4. The zero-order valence-electron chi connectivity index (χ0n) is 13.5. The topological polar surface area (TPSA) is 77.0 Å². The molecule has 2 aliphatic rings. The minimum Gasteiger partial charge on any atom is -0.354 e. The van der Waals surface area contributed by atoms with E-state index in [0.29, 0.717) is 24.3 Å². The van der Waals surface area contributed by atoms with E-state index < -0.39 is 0 Å². The summed E-state index contributed by atoms with van der Waals surface area (Å²) in [6, 6.07) is -0.309. The number of imide groups is 1. The van der Waals surface area contributed by atoms with Crippen molar-refractivity contribution < 1.29 is 9.59 Å². The molecule has 22 heavy (non-hydrogen) atoms. The fourth-order valence-corrected chi connectivity index (χ4v) is 3.86. The Hall–Kier alpha value is -1.44. The highest BCUT2D eigenvalue weighted by Gasteiger charge is 2.28. The van der Waals surface area contributed by atoms with Crippen molar-refractivity contribution in [2.24, 2.45) is 10.9 Å². The number of nitrogens with one attached hydrogen (secondary N) is 2. The summed E-state index contributed by atoms with van der Waals surface area (Å²) in [4.78, 5) is 30.8. The van der Waals surface area contributed by atoms with Crippen molar-refractivity contribution in [1.82, 2.24) is 20.4 Å². The van der Waals surface area contributed by atoms with Crippen LogP contribution in [0.5, 0.6) is 0 Å². The number of carbonyl (C=O) groups excluding carboxylic acids is 2. The second-order valence-electron chi connectivity index (χ2n) is 5.78. The molecule has 2 N–H and O–H groups in total. The number of guanidine groups is 1. The van der Waals surface area contributed by atoms with Crippen LogP contribution in [-0.2, 0) is 4.79 Å². The molecule has 0 aliphatic carbocycles. The van der Waals surface area contributed by atoms with Crippen LogP contribution in [0, 0.1) is 5.92 Å². The molecule has 3 amide bonds. The lowest BCUT2D eigenvalue weighted by atomic mass is 10.1. The van der Waals surface area contributed by atoms with Crippen molar-refractivity contribution in [2.45, 2.75) is 19.1 Å². The summed E-state index contributed by atoms with van der Waals surface area (Å²) in [7, 11) is 1.77. The first kappa shape index (κ1) is 16.9. The van der Waals surface area contributed by atoms with Gasteiger partial charge in [-0.2, -0.15) is 11.8 Å². The van der Waals surface area contributed by atoms with Crippen LogP contribution in [0.1, 0.15) is 13.8 Å². The van der Waals surface area contributed by atoms with Gasteiger partial charge in [-0.3, -0.25) is 14.7 Å². The molecule has 2 saturated heterocycles. The second-order valence-corrected chi connectivity index (χ2v) is 7.12. The van der Waals surface area contributed by atoms with Crippen LogP contribution in [0.3, 0.4) is 0 Å². The first-order chi connectivity index (χ1) is 10.5. The van der Waals surface area contributed by atoms with Gasteiger partial charge >= 0.3 is 6.03 Å². The molecule has 8 heteroatoms. The SMILES string of the molecule is CN=C(NCCN1C(=O)CNC1=O)N1CCSC(C(C)C)C1. The van der Waals surface area contributed by atoms with Crippen molar-refractivity contribution in [2.75, 3.05) is 45.5 Å². The second kappa shape index (κ2) is 7.71. The van der Waals surface area contributed by atoms with Crippen LogP contribution in [-0.4, -0.2) is 78.5 Å². The third kappa shape index (κ3) is 4.06. The monoisotopic (exact) mass is 327 g/mol. The fraction of sp³-hybridized carbons (Fsp3) is 0.786. The quantitative estimate of drug-likeness (QED) is 0.438. The van der Waals surface area contributed by atoms with Gasteiger partial charge in [-0.25, -0.2) is 4.79 Å². The zero-order valence-corrected chi connectivity index (χ0v) is 14.3. The lowest BCUT2D eigenvalue weighted by Gasteiger charge is -2.36. The molecule has 0 saturated carbocycles. The van der Waals surface area contributed by atoms with E-state index in [-0.39, 0.29) is 18.5 Å². The number of nitrogens with zero attached hydrogens (tertiary/aromatic N) is 3. The van der Waals surface area contributed by atoms with Crippen LogP contribution < -0.4 is 10.6 Å². The summed E-state index contributed by atoms with van der Waals surface area (Å²) in [6.07, 6.45) is 0. The number of carbonyl (C=O) groups is 2. The highest BCUT2D eigenvalue weighted by molar-refractivity contribution is 8.00. The van der Waals surface area contributed by atoms with E-state index in [1.807, 2.05) is 11.8 Å². The Morgan fingerprint density at radius 2 is 2.27 bits per heavy atom. The zero-order chi connectivity index (χ0) is 16.1. The van der Waals surface area contributed by atoms with E-state index in [2.05, 4.69) is 34.4 Å². The summed E-state index contributed by atoms with van der Waals surface area (Å²) < 4.78 is 0. The summed E-state index contributed by atoms with van der Waals surface area (Å²) in [5.74, 6) is 2.40. The first-order valence-corrected chi connectivity index (χ1v) is 8.73. The number of rotatable bonds is 4. The van der Waals surface area contributed by atoms with Gasteiger partial charge in [-0.15, -0.1) is 0 Å². The Bertz CT molecular complexity index is 439. The van der Waals surface area contributed by atoms with E-state index in [1.165, 1.54) is 4.90 Å². The van der Waals surface area contributed by atoms with Gasteiger partial charge in [0.05, 0.1) is 6.54 Å². The number of thioether (sulfide) groups is 1. The molecule has 1 unspecified atom stereocenters. The van der Waals surface area contributed by atoms with Crippen molar-refractivity contribution in [3.8, 4) is 0 Å². The van der Waals surface area contributed by atoms with Crippen LogP contribution in [0.4, 0.5) is 4.79 Å². The van der Waals surface area contributed by atoms with Gasteiger partial charge in [0.25, 0.3) is 0 Å². The van der Waals surface area contributed by atoms with Crippen LogP contribution in [0.15, 0.2) is 4.99 Å². The maximum absolute atomic E-state index is 11.5. The summed E-state index contributed by atoms with van der Waals surface area (Å²) in [5, 5.41) is 6.39. The van der Waals surface area contributed by atoms with Gasteiger partial charge in [-0.1, -0.05) is 13.8 Å². The lowest BCUT2D eigenvalue weighted by molar-refractivity contribution is -0.124. The minimum atomic E-state index is -0.309. The molecule has 0 aromatic heterocycles. The van der Waals surface area contributed by atoms with Crippen molar-refractivity contribution in [1.29, 1.82) is 0 Å². The third-order valence-electron chi connectivity index (χ3n) is 3.90. The Kier molecular flexibility index (Phi) is 5.93. The molecule has 2 aliphatic heterocycles. The molecule has 0 radical (unpaired) electrons. The standard InChI is InChI=1S/C14H25N5O2S/c1-10(2)11-9-18(6-7-22-11)13(15-3)16-4-5-19-12(20)8-17-14(19)21/h10-11H,4-9H2,1-3H3,(H,15,16)(H,17,21). The predicted octanol–water partition coefficient (Wildman–Crippen LogP) is 0.187. The molecule has 7 nitrogen and oxygen atoms in total. The van der Waals surface area contributed by atoms with Gasteiger partial charge in [0, 0.05) is 44.2 Å². The molecule has 0 bridgehead atoms. The Morgan fingerprint density at radius 1 is 1.50 bits per heavy atom. The average molecular weight is 327 g/mol. The Balaban J connectivity index is 1.82. The van der Waals surface area contributed by atoms with Gasteiger partial charge in [0.1, 0.15) is 0 Å². The largest absolute Gasteiger partial charge is 0.354 e. The number of hydrogen-bond donors (Lipinski definition) is 2. The van der Waals surface area contributed by atoms with Crippen LogP contribution >= 0.6 is 11.8 Å². The first-order valence-electron chi connectivity index (χ1n) is 7.68. The Labute approximate surface area is 135 Å². The molecular weight excluding hydrogens is 302 g/mol. The fourth-order valence-electron chi connectivity index (χ4n) is 2.56. The van der Waals surface area contributed by atoms with E-state index >= 15 is 0 Å². The van der Waals surface area contributed by atoms with Gasteiger partial charge < -0.3 is 15.5 Å². The van der Waals surface area contributed by atoms with Gasteiger partial charge in [0.15, 0.2) is 5.96 Å². The van der Waals surface area contributed by atoms with Gasteiger partial charge in [0.2, 0.25) is 5.91 Å². The average Bonchev–Trinajstić information content (AvgIpc) is 2.83. The highest BCUT2D eigenvalue weighted by atomic mass is 32.2. The third-order valence-corrected chi connectivity index (χ3v) is 5.44. The molecule has 124 valence electrons. The van der Waals surface area contributed by atoms with Crippen molar-refractivity contribution in [3.63, 3.8) is 0 Å². The van der Waals surface area contributed by atoms with Crippen LogP contribution in [0.2, 0.25) is 0 Å². The number of urea groups is 1. The molecule has 0 aromatic carbocycles. The predicted molar refractivity (Wildman–Crippen MR) is 89.1 cm³/mol. The van der Waals surface area contributed by atoms with E-state index in [0.717, 1.165) is 24.8 Å². The van der Waals surface area contributed by atoms with Crippen LogP contribution in [0.25, 0.3) is 0 Å².